The Kier molecular flexibility index (Phi) is 3.67. The van der Waals surface area contributed by atoms with Crippen LogP contribution in [0.3, 0.4) is 0 Å². The molecule has 1 amide bonds. The molecule has 3 nitrogen and oxygen atoms in total. The average molecular weight is 316 g/mol. The van der Waals surface area contributed by atoms with Crippen LogP contribution in [0.4, 0.5) is 4.39 Å². The molecule has 2 saturated heterocycles. The molecule has 1 saturated carbocycles. The summed E-state index contributed by atoms with van der Waals surface area (Å²) in [5.74, 6) is 0.763. The second-order valence-corrected chi connectivity index (χ2v) is 7.69. The van der Waals surface area contributed by atoms with Gasteiger partial charge in [0.1, 0.15) is 5.82 Å². The van der Waals surface area contributed by atoms with Crippen molar-refractivity contribution in [2.45, 2.75) is 44.6 Å². The number of benzene rings is 1. The van der Waals surface area contributed by atoms with Crippen LogP contribution in [0.2, 0.25) is 0 Å². The Hall–Kier alpha value is -1.42. The lowest BCUT2D eigenvalue weighted by Crippen LogP contribution is -2.38. The smallest absolute Gasteiger partial charge is 0.226 e. The third kappa shape index (κ3) is 2.67. The number of halogens is 1. The molecular weight excluding hydrogens is 291 g/mol. The minimum absolute atomic E-state index is 0.196. The standard InChI is InChI=1S/C19H25FN2O/c1-13-10-15(14-2-4-16(20)5-3-14)12-22(13)18(23)17-11-19(17)6-8-21-9-7-19/h2-5,13,15,17,21H,6-12H2,1H3. The molecule has 3 atom stereocenters. The number of nitrogens with zero attached hydrogens (tertiary/aromatic N) is 1. The van der Waals surface area contributed by atoms with E-state index in [1.807, 2.05) is 12.1 Å². The van der Waals surface area contributed by atoms with Crippen molar-refractivity contribution < 1.29 is 9.18 Å². The first kappa shape index (κ1) is 15.1. The molecule has 1 aromatic rings. The molecule has 1 spiro atoms. The van der Waals surface area contributed by atoms with E-state index in [1.165, 1.54) is 12.1 Å². The molecule has 0 radical (unpaired) electrons. The number of piperidine rings is 1. The fraction of sp³-hybridized carbons (Fsp3) is 0.632. The molecule has 0 bridgehead atoms. The van der Waals surface area contributed by atoms with Crippen LogP contribution in [0.5, 0.6) is 0 Å². The van der Waals surface area contributed by atoms with Crippen molar-refractivity contribution >= 4 is 5.91 Å². The molecule has 1 aromatic carbocycles. The van der Waals surface area contributed by atoms with Crippen molar-refractivity contribution in [2.24, 2.45) is 11.3 Å². The monoisotopic (exact) mass is 316 g/mol. The predicted molar refractivity (Wildman–Crippen MR) is 87.6 cm³/mol. The molecule has 3 unspecified atom stereocenters. The summed E-state index contributed by atoms with van der Waals surface area (Å²) in [6.07, 6.45) is 4.36. The van der Waals surface area contributed by atoms with E-state index in [0.29, 0.717) is 17.2 Å². The van der Waals surface area contributed by atoms with Crippen LogP contribution < -0.4 is 5.32 Å². The van der Waals surface area contributed by atoms with Gasteiger partial charge in [-0.3, -0.25) is 4.79 Å². The fourth-order valence-electron chi connectivity index (χ4n) is 4.69. The molecule has 124 valence electrons. The third-order valence-corrected chi connectivity index (χ3v) is 6.29. The first-order valence-corrected chi connectivity index (χ1v) is 8.86. The number of hydrogen-bond donors (Lipinski definition) is 1. The first-order valence-electron chi connectivity index (χ1n) is 8.86. The third-order valence-electron chi connectivity index (χ3n) is 6.29. The Morgan fingerprint density at radius 3 is 2.65 bits per heavy atom. The fourth-order valence-corrected chi connectivity index (χ4v) is 4.69. The zero-order chi connectivity index (χ0) is 16.0. The Morgan fingerprint density at radius 2 is 1.96 bits per heavy atom. The van der Waals surface area contributed by atoms with Crippen molar-refractivity contribution in [1.82, 2.24) is 10.2 Å². The Balaban J connectivity index is 1.43. The zero-order valence-corrected chi connectivity index (χ0v) is 13.7. The highest BCUT2D eigenvalue weighted by atomic mass is 19.1. The molecule has 1 N–H and O–H groups in total. The van der Waals surface area contributed by atoms with Gasteiger partial charge in [0.25, 0.3) is 0 Å². The summed E-state index contributed by atoms with van der Waals surface area (Å²) in [4.78, 5) is 15.1. The molecule has 0 aromatic heterocycles. The lowest BCUT2D eigenvalue weighted by atomic mass is 9.91. The highest BCUT2D eigenvalue weighted by Gasteiger charge is 2.59. The van der Waals surface area contributed by atoms with Gasteiger partial charge >= 0.3 is 0 Å². The maximum atomic E-state index is 13.1. The summed E-state index contributed by atoms with van der Waals surface area (Å²) in [7, 11) is 0. The number of rotatable bonds is 2. The van der Waals surface area contributed by atoms with E-state index in [1.54, 1.807) is 0 Å². The van der Waals surface area contributed by atoms with E-state index >= 15 is 0 Å². The molecule has 4 rings (SSSR count). The average Bonchev–Trinajstić information content (AvgIpc) is 3.09. The van der Waals surface area contributed by atoms with Gasteiger partial charge in [-0.2, -0.15) is 0 Å². The summed E-state index contributed by atoms with van der Waals surface area (Å²) in [6, 6.07) is 7.07. The summed E-state index contributed by atoms with van der Waals surface area (Å²) in [5.41, 5.74) is 1.46. The SMILES string of the molecule is CC1CC(c2ccc(F)cc2)CN1C(=O)C1CC12CCNCC2. The van der Waals surface area contributed by atoms with E-state index in [-0.39, 0.29) is 17.8 Å². The van der Waals surface area contributed by atoms with Gasteiger partial charge in [-0.1, -0.05) is 12.1 Å². The quantitative estimate of drug-likeness (QED) is 0.910. The van der Waals surface area contributed by atoms with Crippen molar-refractivity contribution in [2.75, 3.05) is 19.6 Å². The van der Waals surface area contributed by atoms with Gasteiger partial charge in [-0.25, -0.2) is 4.39 Å². The van der Waals surface area contributed by atoms with E-state index in [0.717, 1.165) is 50.9 Å². The van der Waals surface area contributed by atoms with Crippen molar-refractivity contribution in [3.63, 3.8) is 0 Å². The summed E-state index contributed by atoms with van der Waals surface area (Å²) >= 11 is 0. The van der Waals surface area contributed by atoms with Gasteiger partial charge in [0, 0.05) is 24.4 Å². The van der Waals surface area contributed by atoms with Gasteiger partial charge in [-0.15, -0.1) is 0 Å². The highest BCUT2D eigenvalue weighted by Crippen LogP contribution is 2.59. The normalized spacial score (nSPS) is 32.3. The van der Waals surface area contributed by atoms with Crippen molar-refractivity contribution in [1.29, 1.82) is 0 Å². The number of carbonyl (C=O) groups excluding carboxylic acids is 1. The number of likely N-dealkylation sites (tertiary alicyclic amines) is 1. The summed E-state index contributed by atoms with van der Waals surface area (Å²) in [6.45, 7) is 5.05. The van der Waals surface area contributed by atoms with E-state index in [4.69, 9.17) is 0 Å². The summed E-state index contributed by atoms with van der Waals surface area (Å²) < 4.78 is 13.1. The maximum Gasteiger partial charge on any atom is 0.226 e. The molecule has 3 fully saturated rings. The predicted octanol–water partition coefficient (Wildman–Crippen LogP) is 2.92. The second kappa shape index (κ2) is 5.59. The van der Waals surface area contributed by atoms with Crippen LogP contribution in [0, 0.1) is 17.2 Å². The van der Waals surface area contributed by atoms with Gasteiger partial charge in [-0.05, 0) is 68.8 Å². The van der Waals surface area contributed by atoms with Crippen LogP contribution in [-0.2, 0) is 4.79 Å². The van der Waals surface area contributed by atoms with Crippen LogP contribution in [0.15, 0.2) is 24.3 Å². The Bertz CT molecular complexity index is 594. The Labute approximate surface area is 137 Å². The molecule has 2 heterocycles. The molecule has 2 aliphatic heterocycles. The first-order chi connectivity index (χ1) is 11.1. The van der Waals surface area contributed by atoms with Gasteiger partial charge in [0.05, 0.1) is 0 Å². The number of hydrogen-bond acceptors (Lipinski definition) is 2. The molecule has 23 heavy (non-hydrogen) atoms. The number of amides is 1. The minimum atomic E-state index is -0.196. The second-order valence-electron chi connectivity index (χ2n) is 7.69. The zero-order valence-electron chi connectivity index (χ0n) is 13.7. The highest BCUT2D eigenvalue weighted by molar-refractivity contribution is 5.83. The summed E-state index contributed by atoms with van der Waals surface area (Å²) in [5, 5.41) is 3.40. The molecule has 3 aliphatic rings. The topological polar surface area (TPSA) is 32.3 Å². The number of nitrogens with one attached hydrogen (secondary N) is 1. The molecule has 4 heteroatoms. The largest absolute Gasteiger partial charge is 0.339 e. The number of carbonyl (C=O) groups is 1. The minimum Gasteiger partial charge on any atom is -0.339 e. The van der Waals surface area contributed by atoms with Crippen molar-refractivity contribution in [3.05, 3.63) is 35.6 Å². The van der Waals surface area contributed by atoms with Crippen LogP contribution in [-0.4, -0.2) is 36.5 Å². The van der Waals surface area contributed by atoms with Gasteiger partial charge < -0.3 is 10.2 Å². The van der Waals surface area contributed by atoms with E-state index < -0.39 is 0 Å². The van der Waals surface area contributed by atoms with Crippen molar-refractivity contribution in [3.8, 4) is 0 Å². The van der Waals surface area contributed by atoms with E-state index in [2.05, 4.69) is 17.1 Å². The van der Waals surface area contributed by atoms with Gasteiger partial charge in [0.15, 0.2) is 0 Å². The van der Waals surface area contributed by atoms with Crippen LogP contribution in [0.25, 0.3) is 0 Å². The Morgan fingerprint density at radius 1 is 1.26 bits per heavy atom. The lowest BCUT2D eigenvalue weighted by molar-refractivity contribution is -0.134. The molecular formula is C19H25FN2O. The molecule has 1 aliphatic carbocycles. The van der Waals surface area contributed by atoms with Crippen LogP contribution >= 0.6 is 0 Å². The maximum absolute atomic E-state index is 13.1. The van der Waals surface area contributed by atoms with Crippen LogP contribution in [0.1, 0.15) is 44.1 Å². The van der Waals surface area contributed by atoms with E-state index in [9.17, 15) is 9.18 Å². The van der Waals surface area contributed by atoms with Gasteiger partial charge in [0.2, 0.25) is 5.91 Å². The lowest BCUT2D eigenvalue weighted by Gasteiger charge is -2.26.